The van der Waals surface area contributed by atoms with Crippen LogP contribution in [-0.2, 0) is 24.2 Å². The quantitative estimate of drug-likeness (QED) is 0.415. The fraction of sp³-hybridized carbons (Fsp3) is 0.789. The van der Waals surface area contributed by atoms with E-state index in [2.05, 4.69) is 46.7 Å². The van der Waals surface area contributed by atoms with Crippen LogP contribution in [0.4, 0.5) is 0 Å². The van der Waals surface area contributed by atoms with Crippen LogP contribution in [-0.4, -0.2) is 52.3 Å². The maximum Gasteiger partial charge on any atom is 0.193 e. The zero-order valence-corrected chi connectivity index (χ0v) is 19.0. The maximum atomic E-state index is 6.12. The third kappa shape index (κ3) is 5.84. The van der Waals surface area contributed by atoms with Gasteiger partial charge in [-0.3, -0.25) is 4.99 Å². The van der Waals surface area contributed by atoms with Gasteiger partial charge in [-0.05, 0) is 46.5 Å². The van der Waals surface area contributed by atoms with Gasteiger partial charge in [0.2, 0.25) is 0 Å². The molecule has 7 heteroatoms. The zero-order chi connectivity index (χ0) is 17.9. The van der Waals surface area contributed by atoms with Gasteiger partial charge in [-0.2, -0.15) is 0 Å². The van der Waals surface area contributed by atoms with Crippen LogP contribution in [0.3, 0.4) is 0 Å². The number of hydrogen-bond donors (Lipinski definition) is 1. The molecule has 0 bridgehead atoms. The highest BCUT2D eigenvalue weighted by atomic mass is 127. The zero-order valence-electron chi connectivity index (χ0n) is 16.6. The van der Waals surface area contributed by atoms with Crippen LogP contribution in [0.15, 0.2) is 11.2 Å². The number of nitrogens with zero attached hydrogens (tertiary/aromatic N) is 4. The number of hydrogen-bond acceptors (Lipinski definition) is 3. The number of piperidine rings is 1. The molecule has 1 N–H and O–H groups in total. The van der Waals surface area contributed by atoms with Gasteiger partial charge < -0.3 is 19.5 Å². The highest BCUT2D eigenvalue weighted by Crippen LogP contribution is 2.20. The number of likely N-dealkylation sites (tertiary alicyclic amines) is 1. The molecule has 1 aromatic rings. The molecule has 0 spiro atoms. The Morgan fingerprint density at radius 2 is 2.00 bits per heavy atom. The van der Waals surface area contributed by atoms with Gasteiger partial charge in [0.15, 0.2) is 5.96 Å². The molecule has 0 atom stereocenters. The molecule has 0 unspecified atom stereocenters. The average Bonchev–Trinajstić information content (AvgIpc) is 2.98. The van der Waals surface area contributed by atoms with E-state index in [9.17, 15) is 0 Å². The van der Waals surface area contributed by atoms with Crippen molar-refractivity contribution in [3.8, 4) is 0 Å². The molecule has 3 rings (SSSR count). The summed E-state index contributed by atoms with van der Waals surface area (Å²) in [4.78, 5) is 11.6. The second-order valence-corrected chi connectivity index (χ2v) is 8.12. The number of ether oxygens (including phenoxy) is 1. The van der Waals surface area contributed by atoms with Crippen molar-refractivity contribution in [3.05, 3.63) is 17.7 Å². The Balaban J connectivity index is 0.00000243. The molecule has 26 heavy (non-hydrogen) atoms. The third-order valence-electron chi connectivity index (χ3n) is 4.86. The first-order valence-electron chi connectivity index (χ1n) is 9.63. The highest BCUT2D eigenvalue weighted by molar-refractivity contribution is 14.0. The van der Waals surface area contributed by atoms with Crippen LogP contribution >= 0.6 is 24.0 Å². The van der Waals surface area contributed by atoms with Crippen LogP contribution < -0.4 is 5.32 Å². The van der Waals surface area contributed by atoms with Gasteiger partial charge in [-0.1, -0.05) is 0 Å². The Morgan fingerprint density at radius 3 is 2.62 bits per heavy atom. The summed E-state index contributed by atoms with van der Waals surface area (Å²) in [5.41, 5.74) is 1.05. The third-order valence-corrected chi connectivity index (χ3v) is 4.86. The highest BCUT2D eigenvalue weighted by Gasteiger charge is 2.25. The van der Waals surface area contributed by atoms with Gasteiger partial charge in [0.05, 0.1) is 23.9 Å². The summed E-state index contributed by atoms with van der Waals surface area (Å²) in [6, 6.07) is 0. The van der Waals surface area contributed by atoms with E-state index in [1.54, 1.807) is 0 Å². The lowest BCUT2D eigenvalue weighted by atomic mass is 10.1. The molecule has 2 aliphatic heterocycles. The normalized spacial score (nSPS) is 19.1. The molecular formula is C19H34IN5O. The lowest BCUT2D eigenvalue weighted by Crippen LogP contribution is -2.47. The monoisotopic (exact) mass is 475 g/mol. The SMILES string of the molecule is CN=C(NCc1cn2c(n1)CCCC2)N1CCC(OC(C)(C)C)CC1.I. The summed E-state index contributed by atoms with van der Waals surface area (Å²) in [5, 5.41) is 3.49. The van der Waals surface area contributed by atoms with E-state index in [-0.39, 0.29) is 29.6 Å². The Kier molecular flexibility index (Phi) is 7.76. The summed E-state index contributed by atoms with van der Waals surface area (Å²) >= 11 is 0. The minimum absolute atomic E-state index is 0. The van der Waals surface area contributed by atoms with Crippen molar-refractivity contribution < 1.29 is 4.74 Å². The standard InChI is InChI=1S/C19H33N5O.HI/c1-19(2,3)25-16-8-11-23(12-9-16)18(20-4)21-13-15-14-24-10-6-5-7-17(24)22-15;/h14,16H,5-13H2,1-4H3,(H,20,21);1H. The molecule has 148 valence electrons. The Labute approximate surface area is 174 Å². The molecular weight excluding hydrogens is 441 g/mol. The number of halogens is 1. The topological polar surface area (TPSA) is 54.7 Å². The van der Waals surface area contributed by atoms with E-state index in [0.29, 0.717) is 6.10 Å². The van der Waals surface area contributed by atoms with Crippen LogP contribution in [0.25, 0.3) is 0 Å². The molecule has 1 fully saturated rings. The Hall–Kier alpha value is -0.830. The molecule has 0 amide bonds. The van der Waals surface area contributed by atoms with Gasteiger partial charge in [0.25, 0.3) is 0 Å². The molecule has 0 saturated carbocycles. The lowest BCUT2D eigenvalue weighted by molar-refractivity contribution is -0.0772. The Bertz CT molecular complexity index is 576. The second kappa shape index (κ2) is 9.39. The van der Waals surface area contributed by atoms with Crippen molar-refractivity contribution in [2.24, 2.45) is 4.99 Å². The first kappa shape index (κ1) is 21.5. The molecule has 0 radical (unpaired) electrons. The van der Waals surface area contributed by atoms with Gasteiger partial charge in [0, 0.05) is 39.3 Å². The van der Waals surface area contributed by atoms with Crippen molar-refractivity contribution in [1.29, 1.82) is 0 Å². The minimum Gasteiger partial charge on any atom is -0.372 e. The number of rotatable bonds is 3. The number of nitrogens with one attached hydrogen (secondary N) is 1. The van der Waals surface area contributed by atoms with Crippen molar-refractivity contribution in [2.75, 3.05) is 20.1 Å². The van der Waals surface area contributed by atoms with Crippen LogP contribution in [0.5, 0.6) is 0 Å². The summed E-state index contributed by atoms with van der Waals surface area (Å²) in [5.74, 6) is 2.21. The van der Waals surface area contributed by atoms with E-state index in [0.717, 1.165) is 57.1 Å². The van der Waals surface area contributed by atoms with E-state index in [4.69, 9.17) is 9.72 Å². The summed E-state index contributed by atoms with van der Waals surface area (Å²) in [6.45, 7) is 10.2. The van der Waals surface area contributed by atoms with Crippen LogP contribution in [0, 0.1) is 0 Å². The van der Waals surface area contributed by atoms with Gasteiger partial charge in [-0.25, -0.2) is 4.98 Å². The fourth-order valence-electron chi connectivity index (χ4n) is 3.74. The number of aliphatic imine (C=N–C) groups is 1. The summed E-state index contributed by atoms with van der Waals surface area (Å²) in [6.07, 6.45) is 8.29. The maximum absolute atomic E-state index is 6.12. The van der Waals surface area contributed by atoms with Gasteiger partial charge >= 0.3 is 0 Å². The minimum atomic E-state index is -0.0625. The van der Waals surface area contributed by atoms with E-state index in [1.165, 1.54) is 18.7 Å². The molecule has 1 saturated heterocycles. The number of aromatic nitrogens is 2. The number of guanidine groups is 1. The number of aryl methyl sites for hydroxylation is 2. The number of imidazole rings is 1. The fourth-order valence-corrected chi connectivity index (χ4v) is 3.74. The van der Waals surface area contributed by atoms with Crippen molar-refractivity contribution in [2.45, 2.75) is 77.7 Å². The predicted molar refractivity (Wildman–Crippen MR) is 116 cm³/mol. The van der Waals surface area contributed by atoms with E-state index >= 15 is 0 Å². The van der Waals surface area contributed by atoms with E-state index < -0.39 is 0 Å². The lowest BCUT2D eigenvalue weighted by Gasteiger charge is -2.36. The molecule has 3 heterocycles. The summed E-state index contributed by atoms with van der Waals surface area (Å²) in [7, 11) is 1.86. The van der Waals surface area contributed by atoms with Crippen LogP contribution in [0.1, 0.15) is 58.0 Å². The molecule has 2 aliphatic rings. The number of fused-ring (bicyclic) bond motifs is 1. The largest absolute Gasteiger partial charge is 0.372 e. The van der Waals surface area contributed by atoms with E-state index in [1.807, 2.05) is 7.05 Å². The molecule has 0 aliphatic carbocycles. The molecule has 0 aromatic carbocycles. The van der Waals surface area contributed by atoms with Crippen molar-refractivity contribution in [1.82, 2.24) is 19.8 Å². The summed E-state index contributed by atoms with van der Waals surface area (Å²) < 4.78 is 8.42. The van der Waals surface area contributed by atoms with Crippen LogP contribution in [0.2, 0.25) is 0 Å². The van der Waals surface area contributed by atoms with Gasteiger partial charge in [0.1, 0.15) is 5.82 Å². The molecule has 6 nitrogen and oxygen atoms in total. The average molecular weight is 475 g/mol. The first-order valence-corrected chi connectivity index (χ1v) is 9.63. The molecule has 1 aromatic heterocycles. The van der Waals surface area contributed by atoms with Gasteiger partial charge in [-0.15, -0.1) is 24.0 Å². The Morgan fingerprint density at radius 1 is 1.27 bits per heavy atom. The predicted octanol–water partition coefficient (Wildman–Crippen LogP) is 3.19. The first-order chi connectivity index (χ1) is 11.9. The van der Waals surface area contributed by atoms with Crippen molar-refractivity contribution >= 4 is 29.9 Å². The second-order valence-electron chi connectivity index (χ2n) is 8.12. The smallest absolute Gasteiger partial charge is 0.193 e. The van der Waals surface area contributed by atoms with Crippen molar-refractivity contribution in [3.63, 3.8) is 0 Å².